The summed E-state index contributed by atoms with van der Waals surface area (Å²) in [5, 5.41) is 0. The molecule has 5 nitrogen and oxygen atoms in total. The first kappa shape index (κ1) is 17.2. The number of rotatable bonds is 5. The maximum atomic E-state index is 12.3. The van der Waals surface area contributed by atoms with Gasteiger partial charge in [-0.1, -0.05) is 18.2 Å². The lowest BCUT2D eigenvalue weighted by molar-refractivity contribution is -0.156. The zero-order valence-electron chi connectivity index (χ0n) is 13.0. The molecule has 0 spiro atoms. The van der Waals surface area contributed by atoms with E-state index in [-0.39, 0.29) is 13.2 Å². The molecule has 0 aromatic heterocycles. The molecule has 0 saturated carbocycles. The van der Waals surface area contributed by atoms with Gasteiger partial charge < -0.3 is 15.2 Å². The number of ether oxygens (including phenoxy) is 2. The van der Waals surface area contributed by atoms with Crippen LogP contribution in [-0.2, 0) is 14.3 Å². The molecule has 0 bridgehead atoms. The zero-order chi connectivity index (χ0) is 16.0. The van der Waals surface area contributed by atoms with Gasteiger partial charge in [-0.2, -0.15) is 0 Å². The summed E-state index contributed by atoms with van der Waals surface area (Å²) in [5.74, 6) is -1.60. The molecule has 2 N–H and O–H groups in total. The van der Waals surface area contributed by atoms with Crippen LogP contribution in [0.25, 0.3) is 0 Å². The SMILES string of the molecule is CCOC(=O)c1ccccc1C(CN)C(=O)OC(C)(C)C. The van der Waals surface area contributed by atoms with Crippen molar-refractivity contribution in [2.24, 2.45) is 5.73 Å². The predicted molar refractivity (Wildman–Crippen MR) is 80.0 cm³/mol. The smallest absolute Gasteiger partial charge is 0.338 e. The second-order valence-corrected chi connectivity index (χ2v) is 5.63. The number of hydrogen-bond acceptors (Lipinski definition) is 5. The third-order valence-corrected chi connectivity index (χ3v) is 2.76. The monoisotopic (exact) mass is 293 g/mol. The lowest BCUT2D eigenvalue weighted by atomic mass is 9.94. The quantitative estimate of drug-likeness (QED) is 0.842. The molecule has 0 aliphatic heterocycles. The van der Waals surface area contributed by atoms with Gasteiger partial charge in [0.2, 0.25) is 0 Å². The van der Waals surface area contributed by atoms with Crippen LogP contribution in [0.15, 0.2) is 24.3 Å². The van der Waals surface area contributed by atoms with E-state index in [9.17, 15) is 9.59 Å². The van der Waals surface area contributed by atoms with E-state index in [1.165, 1.54) is 0 Å². The highest BCUT2D eigenvalue weighted by Gasteiger charge is 2.28. The standard InChI is InChI=1S/C16H23NO4/c1-5-20-14(18)12-9-7-6-8-11(12)13(10-17)15(19)21-16(2,3)4/h6-9,13H,5,10,17H2,1-4H3. The molecule has 0 aliphatic carbocycles. The minimum Gasteiger partial charge on any atom is -0.462 e. The van der Waals surface area contributed by atoms with E-state index in [1.807, 2.05) is 0 Å². The Kier molecular flexibility index (Phi) is 5.90. The Bertz CT molecular complexity index is 505. The van der Waals surface area contributed by atoms with E-state index in [2.05, 4.69) is 0 Å². The average Bonchev–Trinajstić information content (AvgIpc) is 2.38. The van der Waals surface area contributed by atoms with E-state index in [0.717, 1.165) is 0 Å². The Morgan fingerprint density at radius 3 is 2.38 bits per heavy atom. The number of nitrogens with two attached hydrogens (primary N) is 1. The van der Waals surface area contributed by atoms with Crippen LogP contribution in [0, 0.1) is 0 Å². The van der Waals surface area contributed by atoms with Gasteiger partial charge >= 0.3 is 11.9 Å². The largest absolute Gasteiger partial charge is 0.462 e. The van der Waals surface area contributed by atoms with Gasteiger partial charge in [0.1, 0.15) is 5.60 Å². The molecule has 1 rings (SSSR count). The molecule has 21 heavy (non-hydrogen) atoms. The Balaban J connectivity index is 3.11. The van der Waals surface area contributed by atoms with Gasteiger partial charge in [0.15, 0.2) is 0 Å². The molecule has 1 atom stereocenters. The molecule has 116 valence electrons. The number of carbonyl (C=O) groups excluding carboxylic acids is 2. The van der Waals surface area contributed by atoms with Gasteiger partial charge in [-0.25, -0.2) is 4.79 Å². The van der Waals surface area contributed by atoms with Gasteiger partial charge in [-0.05, 0) is 39.3 Å². The second-order valence-electron chi connectivity index (χ2n) is 5.63. The van der Waals surface area contributed by atoms with E-state index in [4.69, 9.17) is 15.2 Å². The molecule has 1 aromatic carbocycles. The topological polar surface area (TPSA) is 78.6 Å². The third kappa shape index (κ3) is 4.86. The highest BCUT2D eigenvalue weighted by Crippen LogP contribution is 2.24. The summed E-state index contributed by atoms with van der Waals surface area (Å²) in [5.41, 5.74) is 5.99. The van der Waals surface area contributed by atoms with Crippen LogP contribution in [-0.4, -0.2) is 30.7 Å². The Hall–Kier alpha value is -1.88. The van der Waals surface area contributed by atoms with Crippen LogP contribution >= 0.6 is 0 Å². The fourth-order valence-electron chi connectivity index (χ4n) is 1.92. The highest BCUT2D eigenvalue weighted by atomic mass is 16.6. The summed E-state index contributed by atoms with van der Waals surface area (Å²) >= 11 is 0. The number of hydrogen-bond donors (Lipinski definition) is 1. The Labute approximate surface area is 125 Å². The first-order chi connectivity index (χ1) is 9.80. The Morgan fingerprint density at radius 2 is 1.86 bits per heavy atom. The zero-order valence-corrected chi connectivity index (χ0v) is 13.0. The third-order valence-electron chi connectivity index (χ3n) is 2.76. The van der Waals surface area contributed by atoms with E-state index in [0.29, 0.717) is 11.1 Å². The van der Waals surface area contributed by atoms with Crippen molar-refractivity contribution in [3.05, 3.63) is 35.4 Å². The molecular formula is C16H23NO4. The van der Waals surface area contributed by atoms with E-state index < -0.39 is 23.5 Å². The van der Waals surface area contributed by atoms with Crippen LogP contribution in [0.2, 0.25) is 0 Å². The summed E-state index contributed by atoms with van der Waals surface area (Å²) in [6.07, 6.45) is 0. The fraction of sp³-hybridized carbons (Fsp3) is 0.500. The molecule has 0 fully saturated rings. The number of esters is 2. The molecule has 0 aliphatic rings. The molecule has 0 radical (unpaired) electrons. The van der Waals surface area contributed by atoms with Gasteiger partial charge in [0.25, 0.3) is 0 Å². The van der Waals surface area contributed by atoms with Crippen molar-refractivity contribution in [1.29, 1.82) is 0 Å². The first-order valence-electron chi connectivity index (χ1n) is 6.99. The Morgan fingerprint density at radius 1 is 1.24 bits per heavy atom. The summed E-state index contributed by atoms with van der Waals surface area (Å²) in [6.45, 7) is 7.42. The molecule has 0 amide bonds. The minimum absolute atomic E-state index is 0.0608. The lowest BCUT2D eigenvalue weighted by Gasteiger charge is -2.24. The maximum Gasteiger partial charge on any atom is 0.338 e. The normalized spacial score (nSPS) is 12.6. The number of benzene rings is 1. The summed E-state index contributed by atoms with van der Waals surface area (Å²) in [6, 6.07) is 6.80. The van der Waals surface area contributed by atoms with Gasteiger partial charge in [0, 0.05) is 6.54 Å². The number of carbonyl (C=O) groups is 2. The second kappa shape index (κ2) is 7.22. The van der Waals surface area contributed by atoms with Crippen LogP contribution in [0.3, 0.4) is 0 Å². The first-order valence-corrected chi connectivity index (χ1v) is 6.99. The van der Waals surface area contributed by atoms with Crippen molar-refractivity contribution in [3.63, 3.8) is 0 Å². The van der Waals surface area contributed by atoms with Crippen LogP contribution < -0.4 is 5.73 Å². The summed E-state index contributed by atoms with van der Waals surface area (Å²) < 4.78 is 10.4. The van der Waals surface area contributed by atoms with Crippen LogP contribution in [0.5, 0.6) is 0 Å². The van der Waals surface area contributed by atoms with Crippen LogP contribution in [0.1, 0.15) is 49.5 Å². The van der Waals surface area contributed by atoms with E-state index >= 15 is 0 Å². The van der Waals surface area contributed by atoms with Gasteiger partial charge in [-0.3, -0.25) is 4.79 Å². The summed E-state index contributed by atoms with van der Waals surface area (Å²) in [4.78, 5) is 24.2. The maximum absolute atomic E-state index is 12.3. The highest BCUT2D eigenvalue weighted by molar-refractivity contribution is 5.93. The molecule has 1 aromatic rings. The van der Waals surface area contributed by atoms with Crippen molar-refractivity contribution in [2.75, 3.05) is 13.2 Å². The van der Waals surface area contributed by atoms with Crippen molar-refractivity contribution in [2.45, 2.75) is 39.2 Å². The lowest BCUT2D eigenvalue weighted by Crippen LogP contribution is -2.32. The average molecular weight is 293 g/mol. The van der Waals surface area contributed by atoms with Crippen LogP contribution in [0.4, 0.5) is 0 Å². The van der Waals surface area contributed by atoms with Crippen molar-refractivity contribution < 1.29 is 19.1 Å². The molecule has 0 heterocycles. The van der Waals surface area contributed by atoms with Gasteiger partial charge in [0.05, 0.1) is 18.1 Å². The molecule has 1 unspecified atom stereocenters. The van der Waals surface area contributed by atoms with Gasteiger partial charge in [-0.15, -0.1) is 0 Å². The van der Waals surface area contributed by atoms with Crippen molar-refractivity contribution in [3.8, 4) is 0 Å². The predicted octanol–water partition coefficient (Wildman–Crippen LogP) is 2.25. The molecule has 5 heteroatoms. The van der Waals surface area contributed by atoms with E-state index in [1.54, 1.807) is 52.0 Å². The molecule has 0 saturated heterocycles. The van der Waals surface area contributed by atoms with Crippen molar-refractivity contribution >= 4 is 11.9 Å². The molecular weight excluding hydrogens is 270 g/mol. The fourth-order valence-corrected chi connectivity index (χ4v) is 1.92. The summed E-state index contributed by atoms with van der Waals surface area (Å²) in [7, 11) is 0. The minimum atomic E-state index is -0.690. The van der Waals surface area contributed by atoms with Crippen molar-refractivity contribution in [1.82, 2.24) is 0 Å².